The second-order valence-electron chi connectivity index (χ2n) is 6.99. The van der Waals surface area contributed by atoms with E-state index in [0.29, 0.717) is 12.2 Å². The van der Waals surface area contributed by atoms with Gasteiger partial charge in [-0.15, -0.1) is 0 Å². The molecule has 0 saturated heterocycles. The van der Waals surface area contributed by atoms with Gasteiger partial charge in [0.05, 0.1) is 5.69 Å². The molecule has 0 unspecified atom stereocenters. The van der Waals surface area contributed by atoms with Crippen LogP contribution in [-0.2, 0) is 13.5 Å². The van der Waals surface area contributed by atoms with E-state index >= 15 is 0 Å². The monoisotopic (exact) mass is 373 g/mol. The molecule has 1 aromatic carbocycles. The molecular formula is C22H23N5O. The average molecular weight is 373 g/mol. The van der Waals surface area contributed by atoms with Crippen LogP contribution in [0.2, 0.25) is 0 Å². The maximum absolute atomic E-state index is 12.2. The lowest BCUT2D eigenvalue weighted by atomic mass is 10.0. The summed E-state index contributed by atoms with van der Waals surface area (Å²) in [5.41, 5.74) is 5.86. The highest BCUT2D eigenvalue weighted by atomic mass is 16.2. The van der Waals surface area contributed by atoms with Gasteiger partial charge in [-0.3, -0.25) is 9.48 Å². The van der Waals surface area contributed by atoms with E-state index < -0.39 is 0 Å². The van der Waals surface area contributed by atoms with Crippen LogP contribution in [0.3, 0.4) is 0 Å². The number of hydrogen-bond donors (Lipinski definition) is 2. The summed E-state index contributed by atoms with van der Waals surface area (Å²) in [6.07, 6.45) is 5.60. The first-order chi connectivity index (χ1) is 13.6. The predicted octanol–water partition coefficient (Wildman–Crippen LogP) is 3.63. The Bertz CT molecular complexity index is 1110. The SMILES string of the molecule is Cc1cc(C(=O)NCCCc2ccc(-c3cnc4[nH]ccc4c3)cc2)n(C)n1. The number of H-pyrrole nitrogens is 1. The van der Waals surface area contributed by atoms with Crippen molar-refractivity contribution in [1.82, 2.24) is 25.1 Å². The number of carbonyl (C=O) groups excluding carboxylic acids is 1. The maximum Gasteiger partial charge on any atom is 0.269 e. The lowest BCUT2D eigenvalue weighted by Gasteiger charge is -2.07. The van der Waals surface area contributed by atoms with Crippen molar-refractivity contribution in [1.29, 1.82) is 0 Å². The summed E-state index contributed by atoms with van der Waals surface area (Å²) >= 11 is 0. The highest BCUT2D eigenvalue weighted by Gasteiger charge is 2.10. The van der Waals surface area contributed by atoms with Gasteiger partial charge in [-0.1, -0.05) is 24.3 Å². The third-order valence-corrected chi connectivity index (χ3v) is 4.85. The Kier molecular flexibility index (Phi) is 4.93. The number of nitrogens with zero attached hydrogens (tertiary/aromatic N) is 3. The number of carbonyl (C=O) groups is 1. The molecule has 28 heavy (non-hydrogen) atoms. The maximum atomic E-state index is 12.2. The number of benzene rings is 1. The molecule has 0 aliphatic carbocycles. The first-order valence-electron chi connectivity index (χ1n) is 9.41. The highest BCUT2D eigenvalue weighted by Crippen LogP contribution is 2.22. The van der Waals surface area contributed by atoms with Crippen LogP contribution in [0, 0.1) is 6.92 Å². The third kappa shape index (κ3) is 3.81. The molecule has 3 aromatic heterocycles. The molecular weight excluding hydrogens is 350 g/mol. The van der Waals surface area contributed by atoms with Crippen molar-refractivity contribution in [2.45, 2.75) is 19.8 Å². The lowest BCUT2D eigenvalue weighted by molar-refractivity contribution is 0.0944. The van der Waals surface area contributed by atoms with E-state index in [9.17, 15) is 4.79 Å². The topological polar surface area (TPSA) is 75.6 Å². The van der Waals surface area contributed by atoms with Gasteiger partial charge in [0.25, 0.3) is 5.91 Å². The summed E-state index contributed by atoms with van der Waals surface area (Å²) in [5.74, 6) is -0.0777. The van der Waals surface area contributed by atoms with Gasteiger partial charge in [0.2, 0.25) is 0 Å². The number of nitrogens with one attached hydrogen (secondary N) is 2. The fraction of sp³-hybridized carbons (Fsp3) is 0.227. The van der Waals surface area contributed by atoms with Crippen molar-refractivity contribution in [2.75, 3.05) is 6.54 Å². The van der Waals surface area contributed by atoms with Gasteiger partial charge in [0.1, 0.15) is 11.3 Å². The Balaban J connectivity index is 1.31. The Morgan fingerprint density at radius 3 is 2.71 bits per heavy atom. The first kappa shape index (κ1) is 18.0. The summed E-state index contributed by atoms with van der Waals surface area (Å²) in [6.45, 7) is 2.52. The van der Waals surface area contributed by atoms with Crippen molar-refractivity contribution in [2.24, 2.45) is 7.05 Å². The largest absolute Gasteiger partial charge is 0.351 e. The molecule has 6 heteroatoms. The minimum Gasteiger partial charge on any atom is -0.351 e. The second-order valence-corrected chi connectivity index (χ2v) is 6.99. The minimum atomic E-state index is -0.0777. The van der Waals surface area contributed by atoms with Crippen LogP contribution >= 0.6 is 0 Å². The van der Waals surface area contributed by atoms with E-state index in [1.54, 1.807) is 17.8 Å². The summed E-state index contributed by atoms with van der Waals surface area (Å²) in [7, 11) is 1.78. The zero-order valence-corrected chi connectivity index (χ0v) is 16.1. The Hall–Kier alpha value is -3.41. The Morgan fingerprint density at radius 2 is 1.96 bits per heavy atom. The van der Waals surface area contributed by atoms with E-state index in [1.807, 2.05) is 25.4 Å². The fourth-order valence-electron chi connectivity index (χ4n) is 3.37. The van der Waals surface area contributed by atoms with Gasteiger partial charge < -0.3 is 10.3 Å². The van der Waals surface area contributed by atoms with Crippen LogP contribution < -0.4 is 5.32 Å². The molecule has 3 heterocycles. The number of amides is 1. The van der Waals surface area contributed by atoms with E-state index in [4.69, 9.17) is 0 Å². The second kappa shape index (κ2) is 7.68. The molecule has 4 aromatic rings. The van der Waals surface area contributed by atoms with E-state index in [0.717, 1.165) is 40.7 Å². The molecule has 0 fully saturated rings. The van der Waals surface area contributed by atoms with Crippen LogP contribution in [-0.4, -0.2) is 32.2 Å². The number of aryl methyl sites for hydroxylation is 3. The number of hydrogen-bond acceptors (Lipinski definition) is 3. The van der Waals surface area contributed by atoms with Crippen LogP contribution in [0.15, 0.2) is 54.9 Å². The highest BCUT2D eigenvalue weighted by molar-refractivity contribution is 5.92. The van der Waals surface area contributed by atoms with Crippen LogP contribution in [0.5, 0.6) is 0 Å². The normalized spacial score (nSPS) is 11.1. The van der Waals surface area contributed by atoms with E-state index in [1.165, 1.54) is 5.56 Å². The molecule has 0 aliphatic rings. The smallest absolute Gasteiger partial charge is 0.269 e. The standard InChI is InChI=1S/C22H23N5O/c1-15-12-20(27(2)26-15)22(28)24-10-3-4-16-5-7-17(8-6-16)19-13-18-9-11-23-21(18)25-14-19/h5-9,11-14H,3-4,10H2,1-2H3,(H,23,25)(H,24,28). The van der Waals surface area contributed by atoms with Crippen molar-refractivity contribution in [3.05, 3.63) is 71.8 Å². The average Bonchev–Trinajstić information content (AvgIpc) is 3.30. The predicted molar refractivity (Wildman–Crippen MR) is 110 cm³/mol. The zero-order valence-electron chi connectivity index (χ0n) is 16.1. The van der Waals surface area contributed by atoms with Crippen molar-refractivity contribution < 1.29 is 4.79 Å². The first-order valence-corrected chi connectivity index (χ1v) is 9.41. The molecule has 142 valence electrons. The van der Waals surface area contributed by atoms with Gasteiger partial charge >= 0.3 is 0 Å². The lowest BCUT2D eigenvalue weighted by Crippen LogP contribution is -2.26. The van der Waals surface area contributed by atoms with Gasteiger partial charge in [-0.05, 0) is 49.1 Å². The zero-order chi connectivity index (χ0) is 19.5. The third-order valence-electron chi connectivity index (χ3n) is 4.85. The number of rotatable bonds is 6. The van der Waals surface area contributed by atoms with Crippen LogP contribution in [0.1, 0.15) is 28.2 Å². The molecule has 0 saturated carbocycles. The van der Waals surface area contributed by atoms with Gasteiger partial charge in [0.15, 0.2) is 0 Å². The quantitative estimate of drug-likeness (QED) is 0.507. The van der Waals surface area contributed by atoms with Gasteiger partial charge in [-0.25, -0.2) is 4.98 Å². The molecule has 0 atom stereocenters. The van der Waals surface area contributed by atoms with E-state index in [2.05, 4.69) is 50.7 Å². The number of fused-ring (bicyclic) bond motifs is 1. The molecule has 0 aliphatic heterocycles. The minimum absolute atomic E-state index is 0.0777. The Morgan fingerprint density at radius 1 is 1.14 bits per heavy atom. The fourth-order valence-corrected chi connectivity index (χ4v) is 3.37. The molecule has 4 rings (SSSR count). The molecule has 6 nitrogen and oxygen atoms in total. The molecule has 0 bridgehead atoms. The molecule has 0 spiro atoms. The molecule has 1 amide bonds. The Labute approximate surface area is 163 Å². The van der Waals surface area contributed by atoms with Crippen molar-refractivity contribution in [3.63, 3.8) is 0 Å². The van der Waals surface area contributed by atoms with Gasteiger partial charge in [0, 0.05) is 36.9 Å². The number of aromatic amines is 1. The number of pyridine rings is 1. The van der Waals surface area contributed by atoms with Gasteiger partial charge in [-0.2, -0.15) is 5.10 Å². The summed E-state index contributed by atoms with van der Waals surface area (Å²) in [5, 5.41) is 8.28. The van der Waals surface area contributed by atoms with Crippen molar-refractivity contribution >= 4 is 16.9 Å². The van der Waals surface area contributed by atoms with Crippen molar-refractivity contribution in [3.8, 4) is 11.1 Å². The van der Waals surface area contributed by atoms with E-state index in [-0.39, 0.29) is 5.91 Å². The molecule has 2 N–H and O–H groups in total. The molecule has 0 radical (unpaired) electrons. The number of aromatic nitrogens is 4. The summed E-state index contributed by atoms with van der Waals surface area (Å²) < 4.78 is 1.61. The van der Waals surface area contributed by atoms with Crippen LogP contribution in [0.4, 0.5) is 0 Å². The summed E-state index contributed by atoms with van der Waals surface area (Å²) in [6, 6.07) is 14.5. The van der Waals surface area contributed by atoms with Crippen LogP contribution in [0.25, 0.3) is 22.2 Å². The summed E-state index contributed by atoms with van der Waals surface area (Å²) in [4.78, 5) is 19.7.